The number of nitrogens with one attached hydrogen (secondary N) is 1. The molecule has 1 aromatic heterocycles. The summed E-state index contributed by atoms with van der Waals surface area (Å²) in [7, 11) is 0. The summed E-state index contributed by atoms with van der Waals surface area (Å²) in [5, 5.41) is 7.21. The van der Waals surface area contributed by atoms with Gasteiger partial charge in [0.05, 0.1) is 12.2 Å². The molecule has 4 heteroatoms. The fourth-order valence-electron chi connectivity index (χ4n) is 3.01. The number of fused-ring (bicyclic) bond motifs is 2. The van der Waals surface area contributed by atoms with Gasteiger partial charge in [-0.3, -0.25) is 5.10 Å². The predicted molar refractivity (Wildman–Crippen MR) is 57.6 cm³/mol. The topological polar surface area (TPSA) is 63.9 Å². The van der Waals surface area contributed by atoms with E-state index in [1.54, 1.807) is 0 Å². The fraction of sp³-hybridized carbons (Fsp3) is 0.727. The SMILES string of the molecule is CCc1c(N)n[nH]c1C1CC2CCC1O2. The van der Waals surface area contributed by atoms with E-state index < -0.39 is 0 Å². The van der Waals surface area contributed by atoms with Gasteiger partial charge < -0.3 is 10.5 Å². The van der Waals surface area contributed by atoms with Gasteiger partial charge in [-0.25, -0.2) is 0 Å². The van der Waals surface area contributed by atoms with Crippen molar-refractivity contribution in [1.82, 2.24) is 10.2 Å². The monoisotopic (exact) mass is 207 g/mol. The predicted octanol–water partition coefficient (Wildman–Crippen LogP) is 1.59. The van der Waals surface area contributed by atoms with Crippen molar-refractivity contribution < 1.29 is 4.74 Å². The molecule has 4 nitrogen and oxygen atoms in total. The smallest absolute Gasteiger partial charge is 0.148 e. The van der Waals surface area contributed by atoms with Gasteiger partial charge in [0.25, 0.3) is 0 Å². The van der Waals surface area contributed by atoms with Gasteiger partial charge in [-0.05, 0) is 25.7 Å². The Bertz CT molecular complexity index is 374. The van der Waals surface area contributed by atoms with Crippen molar-refractivity contribution in [3.63, 3.8) is 0 Å². The molecular weight excluding hydrogens is 190 g/mol. The van der Waals surface area contributed by atoms with Gasteiger partial charge in [-0.15, -0.1) is 0 Å². The van der Waals surface area contributed by atoms with E-state index in [0.717, 1.165) is 12.8 Å². The molecule has 0 aliphatic carbocycles. The highest BCUT2D eigenvalue weighted by Gasteiger charge is 2.43. The van der Waals surface area contributed by atoms with Crippen molar-refractivity contribution in [2.75, 3.05) is 5.73 Å². The quantitative estimate of drug-likeness (QED) is 0.774. The van der Waals surface area contributed by atoms with Crippen LogP contribution < -0.4 is 5.73 Å². The van der Waals surface area contributed by atoms with Gasteiger partial charge in [0.2, 0.25) is 0 Å². The Morgan fingerprint density at radius 1 is 1.53 bits per heavy atom. The summed E-state index contributed by atoms with van der Waals surface area (Å²) in [6.07, 6.45) is 5.39. The number of nitrogens with two attached hydrogens (primary N) is 1. The third kappa shape index (κ3) is 1.28. The third-order valence-corrected chi connectivity index (χ3v) is 3.76. The molecular formula is C11H17N3O. The summed E-state index contributed by atoms with van der Waals surface area (Å²) in [6.45, 7) is 2.12. The average Bonchev–Trinajstić information content (AvgIpc) is 2.90. The molecule has 2 saturated heterocycles. The lowest BCUT2D eigenvalue weighted by atomic mass is 9.85. The normalized spacial score (nSPS) is 33.8. The van der Waals surface area contributed by atoms with Crippen LogP contribution in [0.4, 0.5) is 5.82 Å². The van der Waals surface area contributed by atoms with Crippen LogP contribution in [-0.2, 0) is 11.2 Å². The van der Waals surface area contributed by atoms with Crippen molar-refractivity contribution in [3.8, 4) is 0 Å². The number of anilines is 1. The molecule has 0 spiro atoms. The van der Waals surface area contributed by atoms with Gasteiger partial charge in [0, 0.05) is 17.2 Å². The standard InChI is InChI=1S/C11H17N3O/c1-2-7-10(13-14-11(7)12)8-5-6-3-4-9(8)15-6/h6,8-9H,2-5H2,1H3,(H3,12,13,14). The van der Waals surface area contributed by atoms with Crippen molar-refractivity contribution in [2.45, 2.75) is 50.7 Å². The summed E-state index contributed by atoms with van der Waals surface area (Å²) in [5.74, 6) is 1.17. The number of ether oxygens (including phenoxy) is 1. The maximum atomic E-state index is 5.86. The Hall–Kier alpha value is -1.03. The van der Waals surface area contributed by atoms with Crippen LogP contribution in [0.15, 0.2) is 0 Å². The Morgan fingerprint density at radius 3 is 3.00 bits per heavy atom. The lowest BCUT2D eigenvalue weighted by Gasteiger charge is -2.18. The Kier molecular flexibility index (Phi) is 1.99. The maximum absolute atomic E-state index is 5.86. The molecule has 3 unspecified atom stereocenters. The Labute approximate surface area is 89.2 Å². The van der Waals surface area contributed by atoms with E-state index in [1.165, 1.54) is 24.1 Å². The van der Waals surface area contributed by atoms with Crippen molar-refractivity contribution in [3.05, 3.63) is 11.3 Å². The molecule has 0 amide bonds. The molecule has 3 rings (SSSR count). The number of aromatic nitrogens is 2. The van der Waals surface area contributed by atoms with E-state index in [0.29, 0.717) is 23.9 Å². The van der Waals surface area contributed by atoms with Crippen LogP contribution >= 0.6 is 0 Å². The van der Waals surface area contributed by atoms with Gasteiger partial charge in [0.15, 0.2) is 0 Å². The van der Waals surface area contributed by atoms with E-state index in [-0.39, 0.29) is 0 Å². The van der Waals surface area contributed by atoms with Crippen LogP contribution in [0.3, 0.4) is 0 Å². The lowest BCUT2D eigenvalue weighted by Crippen LogP contribution is -2.16. The van der Waals surface area contributed by atoms with Crippen molar-refractivity contribution in [1.29, 1.82) is 0 Å². The first kappa shape index (κ1) is 9.21. The number of aromatic amines is 1. The van der Waals surface area contributed by atoms with Crippen molar-refractivity contribution in [2.24, 2.45) is 0 Å². The molecule has 3 atom stereocenters. The molecule has 0 radical (unpaired) electrons. The summed E-state index contributed by atoms with van der Waals surface area (Å²) in [4.78, 5) is 0. The van der Waals surface area contributed by atoms with Crippen LogP contribution in [0.1, 0.15) is 43.4 Å². The van der Waals surface area contributed by atoms with Crippen LogP contribution in [0.2, 0.25) is 0 Å². The molecule has 82 valence electrons. The van der Waals surface area contributed by atoms with Gasteiger partial charge >= 0.3 is 0 Å². The van der Waals surface area contributed by atoms with E-state index in [2.05, 4.69) is 17.1 Å². The minimum Gasteiger partial charge on any atom is -0.382 e. The zero-order valence-corrected chi connectivity index (χ0v) is 8.99. The molecule has 2 aliphatic heterocycles. The summed E-state index contributed by atoms with van der Waals surface area (Å²) in [5.41, 5.74) is 8.25. The van der Waals surface area contributed by atoms with Crippen LogP contribution in [0.25, 0.3) is 0 Å². The second-order valence-corrected chi connectivity index (χ2v) is 4.57. The second kappa shape index (κ2) is 3.23. The zero-order chi connectivity index (χ0) is 10.4. The van der Waals surface area contributed by atoms with Gasteiger partial charge in [-0.1, -0.05) is 6.92 Å². The molecule has 2 fully saturated rings. The third-order valence-electron chi connectivity index (χ3n) is 3.76. The highest BCUT2D eigenvalue weighted by molar-refractivity contribution is 5.44. The van der Waals surface area contributed by atoms with E-state index in [9.17, 15) is 0 Å². The average molecular weight is 207 g/mol. The van der Waals surface area contributed by atoms with Gasteiger partial charge in [-0.2, -0.15) is 5.10 Å². The number of nitrogens with zero attached hydrogens (tertiary/aromatic N) is 1. The summed E-state index contributed by atoms with van der Waals surface area (Å²) >= 11 is 0. The van der Waals surface area contributed by atoms with E-state index in [4.69, 9.17) is 10.5 Å². The maximum Gasteiger partial charge on any atom is 0.148 e. The number of nitrogen functional groups attached to an aromatic ring is 1. The van der Waals surface area contributed by atoms with E-state index in [1.807, 2.05) is 0 Å². The zero-order valence-electron chi connectivity index (χ0n) is 8.99. The second-order valence-electron chi connectivity index (χ2n) is 4.57. The number of hydrogen-bond donors (Lipinski definition) is 2. The lowest BCUT2D eigenvalue weighted by molar-refractivity contribution is 0.100. The number of hydrogen-bond acceptors (Lipinski definition) is 3. The van der Waals surface area contributed by atoms with Gasteiger partial charge in [0.1, 0.15) is 5.82 Å². The van der Waals surface area contributed by atoms with Crippen molar-refractivity contribution >= 4 is 5.82 Å². The minimum absolute atomic E-state index is 0.403. The largest absolute Gasteiger partial charge is 0.382 e. The highest BCUT2D eigenvalue weighted by atomic mass is 16.5. The molecule has 3 N–H and O–H groups in total. The fourth-order valence-corrected chi connectivity index (χ4v) is 3.01. The summed E-state index contributed by atoms with van der Waals surface area (Å²) < 4.78 is 5.86. The first-order valence-corrected chi connectivity index (χ1v) is 5.77. The molecule has 2 aliphatic rings. The molecule has 0 aromatic carbocycles. The Morgan fingerprint density at radius 2 is 2.40 bits per heavy atom. The highest BCUT2D eigenvalue weighted by Crippen LogP contribution is 2.45. The molecule has 2 bridgehead atoms. The van der Waals surface area contributed by atoms with Crippen LogP contribution in [0, 0.1) is 0 Å². The summed E-state index contributed by atoms with van der Waals surface area (Å²) in [6, 6.07) is 0. The molecule has 15 heavy (non-hydrogen) atoms. The number of rotatable bonds is 2. The minimum atomic E-state index is 0.403. The first-order valence-electron chi connectivity index (χ1n) is 5.77. The Balaban J connectivity index is 1.93. The van der Waals surface area contributed by atoms with E-state index >= 15 is 0 Å². The van der Waals surface area contributed by atoms with Crippen LogP contribution in [0.5, 0.6) is 0 Å². The first-order chi connectivity index (χ1) is 7.29. The van der Waals surface area contributed by atoms with Crippen LogP contribution in [-0.4, -0.2) is 22.4 Å². The molecule has 1 aromatic rings. The number of H-pyrrole nitrogens is 1. The molecule has 3 heterocycles. The molecule has 0 saturated carbocycles.